The van der Waals surface area contributed by atoms with Crippen LogP contribution >= 0.6 is 0 Å². The van der Waals surface area contributed by atoms with E-state index in [-0.39, 0.29) is 28.9 Å². The maximum absolute atomic E-state index is 13.2. The zero-order valence-corrected chi connectivity index (χ0v) is 17.9. The fourth-order valence-electron chi connectivity index (χ4n) is 5.07. The second-order valence-corrected chi connectivity index (χ2v) is 8.51. The van der Waals surface area contributed by atoms with Crippen LogP contribution in [0, 0.1) is 11.8 Å². The number of barbiturate groups is 1. The first-order valence-electron chi connectivity index (χ1n) is 10.8. The van der Waals surface area contributed by atoms with E-state index in [0.717, 1.165) is 25.7 Å². The van der Waals surface area contributed by atoms with Crippen LogP contribution in [0.1, 0.15) is 41.8 Å². The molecular formula is C24H22N2O7. The summed E-state index contributed by atoms with van der Waals surface area (Å²) in [5.41, 5.74) is 0.352. The van der Waals surface area contributed by atoms with Gasteiger partial charge in [-0.05, 0) is 67.0 Å². The minimum Gasteiger partial charge on any atom is -0.493 e. The third kappa shape index (κ3) is 3.79. The number of nitrogens with zero attached hydrogens (tertiary/aromatic N) is 1. The SMILES string of the molecule is COc1cc(/C=C2\C(=O)NC(=O)N([C@H]3C[C@H]4CC[C@H]3C4)C2=O)ccc1OC(=O)c1ccco1. The Bertz CT molecular complexity index is 1170. The van der Waals surface area contributed by atoms with E-state index >= 15 is 0 Å². The number of urea groups is 1. The van der Waals surface area contributed by atoms with Crippen molar-refractivity contribution in [1.82, 2.24) is 10.2 Å². The second kappa shape index (κ2) is 8.23. The molecule has 2 saturated carbocycles. The first-order valence-corrected chi connectivity index (χ1v) is 10.8. The number of benzene rings is 1. The molecule has 9 nitrogen and oxygen atoms in total. The number of esters is 1. The average Bonchev–Trinajstić information content (AvgIpc) is 3.56. The number of hydrogen-bond acceptors (Lipinski definition) is 7. The molecule has 2 bridgehead atoms. The van der Waals surface area contributed by atoms with Gasteiger partial charge in [0, 0.05) is 6.04 Å². The summed E-state index contributed by atoms with van der Waals surface area (Å²) < 4.78 is 15.7. The number of fused-ring (bicyclic) bond motifs is 2. The Hall–Kier alpha value is -3.88. The molecule has 33 heavy (non-hydrogen) atoms. The molecule has 3 atom stereocenters. The Morgan fingerprint density at radius 2 is 2.00 bits per heavy atom. The van der Waals surface area contributed by atoms with Crippen molar-refractivity contribution in [2.45, 2.75) is 31.7 Å². The molecule has 9 heteroatoms. The highest BCUT2D eigenvalue weighted by atomic mass is 16.6. The van der Waals surface area contributed by atoms with Gasteiger partial charge in [0.25, 0.3) is 11.8 Å². The van der Waals surface area contributed by atoms with E-state index in [9.17, 15) is 19.2 Å². The maximum atomic E-state index is 13.2. The summed E-state index contributed by atoms with van der Waals surface area (Å²) in [6.45, 7) is 0. The molecule has 1 aromatic carbocycles. The molecule has 3 aliphatic rings. The number of rotatable bonds is 5. The Morgan fingerprint density at radius 3 is 2.67 bits per heavy atom. The first kappa shape index (κ1) is 21.0. The quantitative estimate of drug-likeness (QED) is 0.322. The summed E-state index contributed by atoms with van der Waals surface area (Å²) in [7, 11) is 1.41. The normalized spacial score (nSPS) is 25.5. The summed E-state index contributed by atoms with van der Waals surface area (Å²) in [6.07, 6.45) is 6.70. The number of amides is 4. The summed E-state index contributed by atoms with van der Waals surface area (Å²) in [5.74, 6) is -0.767. The predicted molar refractivity (Wildman–Crippen MR) is 114 cm³/mol. The van der Waals surface area contributed by atoms with E-state index in [1.54, 1.807) is 12.1 Å². The van der Waals surface area contributed by atoms with E-state index < -0.39 is 23.8 Å². The Kier molecular flexibility index (Phi) is 5.24. The lowest BCUT2D eigenvalue weighted by Crippen LogP contribution is -2.58. The average molecular weight is 450 g/mol. The van der Waals surface area contributed by atoms with Crippen molar-refractivity contribution < 1.29 is 33.1 Å². The molecule has 2 heterocycles. The van der Waals surface area contributed by atoms with Crippen molar-refractivity contribution >= 4 is 29.9 Å². The van der Waals surface area contributed by atoms with Gasteiger partial charge in [-0.25, -0.2) is 9.59 Å². The van der Waals surface area contributed by atoms with Crippen LogP contribution in [0.15, 0.2) is 46.6 Å². The van der Waals surface area contributed by atoms with E-state index in [2.05, 4.69) is 5.32 Å². The van der Waals surface area contributed by atoms with Crippen LogP contribution in [0.5, 0.6) is 11.5 Å². The highest BCUT2D eigenvalue weighted by Gasteiger charge is 2.49. The van der Waals surface area contributed by atoms with Gasteiger partial charge >= 0.3 is 12.0 Å². The van der Waals surface area contributed by atoms with Gasteiger partial charge < -0.3 is 13.9 Å². The molecule has 2 aromatic rings. The molecular weight excluding hydrogens is 428 g/mol. The molecule has 0 spiro atoms. The lowest BCUT2D eigenvalue weighted by atomic mass is 9.93. The lowest BCUT2D eigenvalue weighted by molar-refractivity contribution is -0.132. The highest BCUT2D eigenvalue weighted by Crippen LogP contribution is 2.47. The summed E-state index contributed by atoms with van der Waals surface area (Å²) in [6, 6.07) is 6.83. The molecule has 1 aromatic heterocycles. The van der Waals surface area contributed by atoms with Gasteiger partial charge in [0.05, 0.1) is 13.4 Å². The van der Waals surface area contributed by atoms with Crippen molar-refractivity contribution in [2.24, 2.45) is 11.8 Å². The molecule has 0 radical (unpaired) electrons. The van der Waals surface area contributed by atoms with Gasteiger partial charge in [0.15, 0.2) is 11.5 Å². The summed E-state index contributed by atoms with van der Waals surface area (Å²) in [5, 5.41) is 2.30. The van der Waals surface area contributed by atoms with Crippen LogP contribution < -0.4 is 14.8 Å². The predicted octanol–water partition coefficient (Wildman–Crippen LogP) is 3.16. The van der Waals surface area contributed by atoms with Crippen LogP contribution in [0.25, 0.3) is 6.08 Å². The Balaban J connectivity index is 1.40. The largest absolute Gasteiger partial charge is 0.493 e. The van der Waals surface area contributed by atoms with Crippen LogP contribution in [-0.4, -0.2) is 41.9 Å². The number of ether oxygens (including phenoxy) is 2. The van der Waals surface area contributed by atoms with Crippen molar-refractivity contribution in [3.63, 3.8) is 0 Å². The van der Waals surface area contributed by atoms with E-state index in [1.165, 1.54) is 42.5 Å². The van der Waals surface area contributed by atoms with Gasteiger partial charge in [-0.3, -0.25) is 19.8 Å². The standard InChI is InChI=1S/C24H22N2O7/c1-31-20-12-14(5-7-18(20)33-23(29)19-3-2-8-32-19)10-16-21(27)25-24(30)26(22(16)28)17-11-13-4-6-15(17)9-13/h2-3,5,7-8,10,12-13,15,17H,4,6,9,11H2,1H3,(H,25,27,30)/b16-10+/t13-,15-,17-/m0/s1. The Labute approximate surface area is 189 Å². The Morgan fingerprint density at radius 1 is 1.15 bits per heavy atom. The minimum absolute atomic E-state index is 0.0399. The lowest BCUT2D eigenvalue weighted by Gasteiger charge is -2.35. The topological polar surface area (TPSA) is 115 Å². The number of furan rings is 1. The van der Waals surface area contributed by atoms with Crippen LogP contribution in [-0.2, 0) is 9.59 Å². The van der Waals surface area contributed by atoms with Crippen LogP contribution in [0.3, 0.4) is 0 Å². The number of nitrogens with one attached hydrogen (secondary N) is 1. The van der Waals surface area contributed by atoms with Crippen molar-refractivity contribution in [3.05, 3.63) is 53.5 Å². The third-order valence-electron chi connectivity index (χ3n) is 6.59. The number of hydrogen-bond donors (Lipinski definition) is 1. The first-order chi connectivity index (χ1) is 15.9. The number of carbonyl (C=O) groups is 4. The van der Waals surface area contributed by atoms with Gasteiger partial charge in [0.2, 0.25) is 5.76 Å². The van der Waals surface area contributed by atoms with Gasteiger partial charge in [0.1, 0.15) is 5.57 Å². The molecule has 1 aliphatic heterocycles. The van der Waals surface area contributed by atoms with Crippen molar-refractivity contribution in [3.8, 4) is 11.5 Å². The van der Waals surface area contributed by atoms with Gasteiger partial charge in [-0.1, -0.05) is 12.5 Å². The monoisotopic (exact) mass is 450 g/mol. The summed E-state index contributed by atoms with van der Waals surface area (Å²) >= 11 is 0. The summed E-state index contributed by atoms with van der Waals surface area (Å²) in [4.78, 5) is 51.5. The van der Waals surface area contributed by atoms with E-state index in [4.69, 9.17) is 13.9 Å². The van der Waals surface area contributed by atoms with Crippen molar-refractivity contribution in [2.75, 3.05) is 7.11 Å². The minimum atomic E-state index is -0.739. The molecule has 2 aliphatic carbocycles. The maximum Gasteiger partial charge on any atom is 0.379 e. The van der Waals surface area contributed by atoms with Gasteiger partial charge in [-0.15, -0.1) is 0 Å². The van der Waals surface area contributed by atoms with Gasteiger partial charge in [-0.2, -0.15) is 0 Å². The molecule has 0 unspecified atom stereocenters. The van der Waals surface area contributed by atoms with Crippen molar-refractivity contribution in [1.29, 1.82) is 0 Å². The van der Waals surface area contributed by atoms with E-state index in [1.807, 2.05) is 0 Å². The molecule has 170 valence electrons. The number of carbonyl (C=O) groups excluding carboxylic acids is 4. The van der Waals surface area contributed by atoms with Crippen LogP contribution in [0.2, 0.25) is 0 Å². The third-order valence-corrected chi connectivity index (χ3v) is 6.59. The zero-order chi connectivity index (χ0) is 23.1. The van der Waals surface area contributed by atoms with Crippen LogP contribution in [0.4, 0.5) is 4.79 Å². The molecule has 4 amide bonds. The highest BCUT2D eigenvalue weighted by molar-refractivity contribution is 6.31. The molecule has 1 N–H and O–H groups in total. The molecule has 5 rings (SSSR count). The molecule has 3 fully saturated rings. The fourth-order valence-corrected chi connectivity index (χ4v) is 5.07. The number of methoxy groups -OCH3 is 1. The van der Waals surface area contributed by atoms with E-state index in [0.29, 0.717) is 17.4 Å². The smallest absolute Gasteiger partial charge is 0.379 e. The fraction of sp³-hybridized carbons (Fsp3) is 0.333. The second-order valence-electron chi connectivity index (χ2n) is 8.51. The number of imide groups is 2. The molecule has 1 saturated heterocycles. The zero-order valence-electron chi connectivity index (χ0n) is 17.9.